The summed E-state index contributed by atoms with van der Waals surface area (Å²) in [4.78, 5) is 49.1. The maximum absolute atomic E-state index is 13.1. The van der Waals surface area contributed by atoms with Crippen LogP contribution >= 0.6 is 0 Å². The van der Waals surface area contributed by atoms with Crippen LogP contribution in [-0.4, -0.2) is 36.3 Å². The number of carbonyl (C=O) groups is 4. The van der Waals surface area contributed by atoms with Crippen molar-refractivity contribution in [3.05, 3.63) is 89.5 Å². The normalized spacial score (nSPS) is 11.8. The molecule has 4 N–H and O–H groups in total. The molecule has 1 atom stereocenters. The first-order valence-electron chi connectivity index (χ1n) is 11.4. The molecule has 0 spiro atoms. The molecular formula is C27H24F3N3O5. The van der Waals surface area contributed by atoms with Crippen LogP contribution in [0.25, 0.3) is 11.1 Å². The summed E-state index contributed by atoms with van der Waals surface area (Å²) in [6.45, 7) is 1.69. The van der Waals surface area contributed by atoms with Gasteiger partial charge in [0, 0.05) is 16.8 Å². The number of hydrogen-bond donors (Lipinski definition) is 3. The van der Waals surface area contributed by atoms with Crippen LogP contribution in [0.5, 0.6) is 0 Å². The lowest BCUT2D eigenvalue weighted by atomic mass is 9.98. The van der Waals surface area contributed by atoms with Gasteiger partial charge in [-0.2, -0.15) is 13.2 Å². The van der Waals surface area contributed by atoms with E-state index in [2.05, 4.69) is 10.6 Å². The standard InChI is InChI=1S/C27H24F3N3O5/c1-2-38-23(34)15-22(24(31)35)33-25(36)17-6-5-7-19(14-17)32-26(37)21-9-4-3-8-20(21)16-10-12-18(13-11-16)27(28,29)30/h3-14,22H,2,15H2,1H3,(H2,31,35)(H,32,37)(H,33,36). The third-order valence-corrected chi connectivity index (χ3v) is 5.40. The molecule has 0 fully saturated rings. The average molecular weight is 527 g/mol. The molecule has 3 amide bonds. The highest BCUT2D eigenvalue weighted by atomic mass is 19.4. The minimum absolute atomic E-state index is 0.0777. The molecule has 3 aromatic carbocycles. The second-order valence-electron chi connectivity index (χ2n) is 8.09. The van der Waals surface area contributed by atoms with E-state index in [0.29, 0.717) is 11.1 Å². The number of alkyl halides is 3. The fourth-order valence-electron chi connectivity index (χ4n) is 3.56. The zero-order valence-corrected chi connectivity index (χ0v) is 20.2. The van der Waals surface area contributed by atoms with Crippen molar-refractivity contribution >= 4 is 29.4 Å². The lowest BCUT2D eigenvalue weighted by molar-refractivity contribution is -0.145. The molecular weight excluding hydrogens is 503 g/mol. The number of esters is 1. The van der Waals surface area contributed by atoms with Gasteiger partial charge in [0.25, 0.3) is 11.8 Å². The number of benzene rings is 3. The van der Waals surface area contributed by atoms with Crippen molar-refractivity contribution in [3.8, 4) is 11.1 Å². The van der Waals surface area contributed by atoms with E-state index in [1.807, 2.05) is 0 Å². The second-order valence-corrected chi connectivity index (χ2v) is 8.09. The Morgan fingerprint density at radius 1 is 0.921 bits per heavy atom. The van der Waals surface area contributed by atoms with Crippen LogP contribution in [0.1, 0.15) is 39.6 Å². The minimum Gasteiger partial charge on any atom is -0.466 e. The number of rotatable bonds is 9. The van der Waals surface area contributed by atoms with Crippen molar-refractivity contribution < 1.29 is 37.1 Å². The minimum atomic E-state index is -4.48. The molecule has 0 saturated carbocycles. The van der Waals surface area contributed by atoms with Gasteiger partial charge in [-0.05, 0) is 54.4 Å². The van der Waals surface area contributed by atoms with Gasteiger partial charge in [-0.15, -0.1) is 0 Å². The topological polar surface area (TPSA) is 128 Å². The molecule has 0 aliphatic rings. The van der Waals surface area contributed by atoms with E-state index >= 15 is 0 Å². The van der Waals surface area contributed by atoms with Crippen LogP contribution in [0.2, 0.25) is 0 Å². The summed E-state index contributed by atoms with van der Waals surface area (Å²) < 4.78 is 43.5. The van der Waals surface area contributed by atoms with Gasteiger partial charge in [-0.25, -0.2) is 0 Å². The molecule has 0 bridgehead atoms. The zero-order chi connectivity index (χ0) is 27.9. The fraction of sp³-hybridized carbons (Fsp3) is 0.185. The first-order chi connectivity index (χ1) is 18.0. The third-order valence-electron chi connectivity index (χ3n) is 5.40. The molecule has 0 radical (unpaired) electrons. The Morgan fingerprint density at radius 3 is 2.24 bits per heavy atom. The van der Waals surface area contributed by atoms with Crippen molar-refractivity contribution in [1.29, 1.82) is 0 Å². The molecule has 1 unspecified atom stereocenters. The van der Waals surface area contributed by atoms with Gasteiger partial charge >= 0.3 is 12.1 Å². The van der Waals surface area contributed by atoms with Crippen molar-refractivity contribution in [3.63, 3.8) is 0 Å². The van der Waals surface area contributed by atoms with Gasteiger partial charge in [0.1, 0.15) is 6.04 Å². The number of anilines is 1. The van der Waals surface area contributed by atoms with Gasteiger partial charge in [-0.1, -0.05) is 36.4 Å². The van der Waals surface area contributed by atoms with Crippen LogP contribution in [0.15, 0.2) is 72.8 Å². The van der Waals surface area contributed by atoms with Crippen LogP contribution in [0.4, 0.5) is 18.9 Å². The molecule has 0 aromatic heterocycles. The predicted molar refractivity (Wildman–Crippen MR) is 133 cm³/mol. The quantitative estimate of drug-likeness (QED) is 0.360. The summed E-state index contributed by atoms with van der Waals surface area (Å²) in [5.41, 5.74) is 5.82. The number of nitrogens with two attached hydrogens (primary N) is 1. The largest absolute Gasteiger partial charge is 0.466 e. The maximum Gasteiger partial charge on any atom is 0.416 e. The van der Waals surface area contributed by atoms with Gasteiger partial charge in [0.15, 0.2) is 0 Å². The highest BCUT2D eigenvalue weighted by Gasteiger charge is 2.30. The van der Waals surface area contributed by atoms with Crippen molar-refractivity contribution in [1.82, 2.24) is 5.32 Å². The number of amides is 3. The SMILES string of the molecule is CCOC(=O)CC(NC(=O)c1cccc(NC(=O)c2ccccc2-c2ccc(C(F)(F)F)cc2)c1)C(N)=O. The van der Waals surface area contributed by atoms with E-state index < -0.39 is 47.9 Å². The smallest absolute Gasteiger partial charge is 0.416 e. The molecule has 198 valence electrons. The van der Waals surface area contributed by atoms with E-state index in [1.165, 1.54) is 42.5 Å². The van der Waals surface area contributed by atoms with E-state index in [1.54, 1.807) is 25.1 Å². The van der Waals surface area contributed by atoms with Crippen LogP contribution in [0, 0.1) is 0 Å². The third kappa shape index (κ3) is 7.19. The molecule has 3 rings (SSSR count). The summed E-state index contributed by atoms with van der Waals surface area (Å²) in [7, 11) is 0. The Kier molecular flexibility index (Phi) is 8.85. The first-order valence-corrected chi connectivity index (χ1v) is 11.4. The average Bonchev–Trinajstić information content (AvgIpc) is 2.88. The van der Waals surface area contributed by atoms with Crippen molar-refractivity contribution in [2.24, 2.45) is 5.73 Å². The summed E-state index contributed by atoms with van der Waals surface area (Å²) >= 11 is 0. The molecule has 38 heavy (non-hydrogen) atoms. The molecule has 11 heteroatoms. The Morgan fingerprint density at radius 2 is 1.61 bits per heavy atom. The number of carbonyl (C=O) groups excluding carboxylic acids is 4. The Balaban J connectivity index is 1.77. The molecule has 0 heterocycles. The molecule has 8 nitrogen and oxygen atoms in total. The van der Waals surface area contributed by atoms with Crippen molar-refractivity contribution in [2.75, 3.05) is 11.9 Å². The van der Waals surface area contributed by atoms with Gasteiger partial charge < -0.3 is 21.1 Å². The molecule has 3 aromatic rings. The zero-order valence-electron chi connectivity index (χ0n) is 20.2. The number of hydrogen-bond acceptors (Lipinski definition) is 5. The number of primary amides is 1. The van der Waals surface area contributed by atoms with E-state index in [0.717, 1.165) is 12.1 Å². The first kappa shape index (κ1) is 27.9. The van der Waals surface area contributed by atoms with Crippen LogP contribution in [0.3, 0.4) is 0 Å². The Labute approximate surface area is 216 Å². The van der Waals surface area contributed by atoms with Crippen LogP contribution in [-0.2, 0) is 20.5 Å². The lowest BCUT2D eigenvalue weighted by Crippen LogP contribution is -2.45. The van der Waals surface area contributed by atoms with Gasteiger partial charge in [0.05, 0.1) is 18.6 Å². The fourth-order valence-corrected chi connectivity index (χ4v) is 3.56. The number of halogens is 3. The molecule has 0 aliphatic carbocycles. The Bertz CT molecular complexity index is 1340. The summed E-state index contributed by atoms with van der Waals surface area (Å²) in [6, 6.07) is 15.4. The van der Waals surface area contributed by atoms with Gasteiger partial charge in [0.2, 0.25) is 5.91 Å². The van der Waals surface area contributed by atoms with Gasteiger partial charge in [-0.3, -0.25) is 19.2 Å². The monoisotopic (exact) mass is 527 g/mol. The predicted octanol–water partition coefficient (Wildman–Crippen LogP) is 4.16. The van der Waals surface area contributed by atoms with Crippen LogP contribution < -0.4 is 16.4 Å². The lowest BCUT2D eigenvalue weighted by Gasteiger charge is -2.15. The summed E-state index contributed by atoms with van der Waals surface area (Å²) in [5, 5.41) is 5.03. The second kappa shape index (κ2) is 12.0. The molecule has 0 saturated heterocycles. The summed E-state index contributed by atoms with van der Waals surface area (Å²) in [5.74, 6) is -2.89. The highest BCUT2D eigenvalue weighted by molar-refractivity contribution is 6.09. The maximum atomic E-state index is 13.1. The van der Waals surface area contributed by atoms with E-state index in [9.17, 15) is 32.3 Å². The highest BCUT2D eigenvalue weighted by Crippen LogP contribution is 2.32. The Hall–Kier alpha value is -4.67. The van der Waals surface area contributed by atoms with E-state index in [4.69, 9.17) is 10.5 Å². The number of ether oxygens (including phenoxy) is 1. The number of nitrogens with one attached hydrogen (secondary N) is 2. The molecule has 0 aliphatic heterocycles. The summed E-state index contributed by atoms with van der Waals surface area (Å²) in [6.07, 6.45) is -4.92. The van der Waals surface area contributed by atoms with Crippen molar-refractivity contribution in [2.45, 2.75) is 25.6 Å². The van der Waals surface area contributed by atoms with E-state index in [-0.39, 0.29) is 23.4 Å².